The smallest absolute Gasteiger partial charge is 0.165 e. The highest BCUT2D eigenvalue weighted by molar-refractivity contribution is 6.42. The summed E-state index contributed by atoms with van der Waals surface area (Å²) in [7, 11) is 0. The van der Waals surface area contributed by atoms with Gasteiger partial charge in [0.05, 0.1) is 15.6 Å². The van der Waals surface area contributed by atoms with Crippen LogP contribution in [0.4, 0.5) is 4.39 Å². The van der Waals surface area contributed by atoms with Crippen molar-refractivity contribution in [3.05, 3.63) is 33.6 Å². The monoisotopic (exact) mass is 220 g/mol. The Morgan fingerprint density at radius 2 is 2.08 bits per heavy atom. The third-order valence-electron chi connectivity index (χ3n) is 1.66. The molecule has 0 aromatic heterocycles. The number of hydrogen-bond acceptors (Lipinski definition) is 1. The molecule has 0 saturated carbocycles. The Kier molecular flexibility index (Phi) is 3.28. The molecule has 0 bridgehead atoms. The van der Waals surface area contributed by atoms with Crippen molar-refractivity contribution in [1.29, 1.82) is 0 Å². The van der Waals surface area contributed by atoms with Crippen LogP contribution in [-0.4, -0.2) is 5.78 Å². The molecule has 0 aliphatic carbocycles. The molecule has 0 unspecified atom stereocenters. The van der Waals surface area contributed by atoms with E-state index in [4.69, 9.17) is 23.2 Å². The lowest BCUT2D eigenvalue weighted by atomic mass is 10.1. The number of carbonyl (C=O) groups is 1. The van der Waals surface area contributed by atoms with Crippen LogP contribution in [0.3, 0.4) is 0 Å². The van der Waals surface area contributed by atoms with E-state index in [0.29, 0.717) is 0 Å². The number of Topliss-reactive ketones (excluding diaryl/α,β-unsaturated/α-hetero) is 1. The second-order valence-corrected chi connectivity index (χ2v) is 3.28. The van der Waals surface area contributed by atoms with E-state index in [0.717, 1.165) is 0 Å². The lowest BCUT2D eigenvalue weighted by molar-refractivity contribution is 0.0984. The van der Waals surface area contributed by atoms with E-state index in [2.05, 4.69) is 0 Å². The van der Waals surface area contributed by atoms with E-state index in [1.807, 2.05) is 0 Å². The SMILES string of the molecule is CCC(=O)c1ccc(Cl)c(Cl)c1F. The van der Waals surface area contributed by atoms with Crippen LogP contribution in [0.15, 0.2) is 12.1 Å². The average Bonchev–Trinajstić information content (AvgIpc) is 2.13. The first kappa shape index (κ1) is 10.5. The molecule has 1 nitrogen and oxygen atoms in total. The highest BCUT2D eigenvalue weighted by Crippen LogP contribution is 2.27. The van der Waals surface area contributed by atoms with Crippen LogP contribution in [0.5, 0.6) is 0 Å². The molecule has 0 spiro atoms. The highest BCUT2D eigenvalue weighted by Gasteiger charge is 2.14. The van der Waals surface area contributed by atoms with Crippen LogP contribution >= 0.6 is 23.2 Å². The maximum Gasteiger partial charge on any atom is 0.165 e. The van der Waals surface area contributed by atoms with Crippen LogP contribution in [0.1, 0.15) is 23.7 Å². The number of rotatable bonds is 2. The molecule has 1 aromatic carbocycles. The zero-order valence-corrected chi connectivity index (χ0v) is 8.42. The van der Waals surface area contributed by atoms with E-state index in [-0.39, 0.29) is 27.8 Å². The normalized spacial score (nSPS) is 10.2. The van der Waals surface area contributed by atoms with Gasteiger partial charge in [0.25, 0.3) is 0 Å². The first-order valence-electron chi connectivity index (χ1n) is 3.74. The molecule has 4 heteroatoms. The van der Waals surface area contributed by atoms with Crippen molar-refractivity contribution in [3.63, 3.8) is 0 Å². The van der Waals surface area contributed by atoms with Crippen LogP contribution < -0.4 is 0 Å². The molecule has 1 aromatic rings. The fourth-order valence-corrected chi connectivity index (χ4v) is 1.24. The Morgan fingerprint density at radius 1 is 1.46 bits per heavy atom. The summed E-state index contributed by atoms with van der Waals surface area (Å²) in [5.41, 5.74) is -0.00287. The molecule has 70 valence electrons. The first-order chi connectivity index (χ1) is 6.07. The van der Waals surface area contributed by atoms with Gasteiger partial charge in [-0.1, -0.05) is 30.1 Å². The highest BCUT2D eigenvalue weighted by atomic mass is 35.5. The zero-order valence-electron chi connectivity index (χ0n) is 6.90. The zero-order chi connectivity index (χ0) is 10.0. The Hall–Kier alpha value is -0.600. The van der Waals surface area contributed by atoms with Crippen molar-refractivity contribution in [2.45, 2.75) is 13.3 Å². The van der Waals surface area contributed by atoms with Crippen LogP contribution in [0.2, 0.25) is 10.0 Å². The fourth-order valence-electron chi connectivity index (χ4n) is 0.932. The van der Waals surface area contributed by atoms with Crippen molar-refractivity contribution in [1.82, 2.24) is 0 Å². The summed E-state index contributed by atoms with van der Waals surface area (Å²) >= 11 is 11.1. The lowest BCUT2D eigenvalue weighted by Crippen LogP contribution is -2.00. The van der Waals surface area contributed by atoms with E-state index >= 15 is 0 Å². The van der Waals surface area contributed by atoms with E-state index in [1.54, 1.807) is 6.92 Å². The van der Waals surface area contributed by atoms with Gasteiger partial charge in [-0.05, 0) is 12.1 Å². The Morgan fingerprint density at radius 3 is 2.62 bits per heavy atom. The van der Waals surface area contributed by atoms with Gasteiger partial charge in [-0.25, -0.2) is 4.39 Å². The summed E-state index contributed by atoms with van der Waals surface area (Å²) in [4.78, 5) is 11.2. The maximum absolute atomic E-state index is 13.3. The number of halogens is 3. The molecule has 13 heavy (non-hydrogen) atoms. The fraction of sp³-hybridized carbons (Fsp3) is 0.222. The van der Waals surface area contributed by atoms with Crippen molar-refractivity contribution in [2.75, 3.05) is 0 Å². The minimum Gasteiger partial charge on any atom is -0.294 e. The van der Waals surface area contributed by atoms with Gasteiger partial charge in [0.2, 0.25) is 0 Å². The van der Waals surface area contributed by atoms with Crippen LogP contribution in [-0.2, 0) is 0 Å². The molecule has 0 heterocycles. The van der Waals surface area contributed by atoms with Crippen molar-refractivity contribution in [3.8, 4) is 0 Å². The van der Waals surface area contributed by atoms with Gasteiger partial charge in [-0.3, -0.25) is 4.79 Å². The number of hydrogen-bond donors (Lipinski definition) is 0. The Bertz CT molecular complexity index is 350. The third kappa shape index (κ3) is 2.01. The van der Waals surface area contributed by atoms with Gasteiger partial charge < -0.3 is 0 Å². The summed E-state index contributed by atoms with van der Waals surface area (Å²) in [5, 5.41) is -0.0761. The second-order valence-electron chi connectivity index (χ2n) is 2.50. The summed E-state index contributed by atoms with van der Waals surface area (Å²) in [6.07, 6.45) is 0.245. The average molecular weight is 221 g/mol. The number of ketones is 1. The Balaban J connectivity index is 3.26. The molecular weight excluding hydrogens is 214 g/mol. The standard InChI is InChI=1S/C9H7Cl2FO/c1-2-7(13)5-3-4-6(10)8(11)9(5)12/h3-4H,2H2,1H3. The van der Waals surface area contributed by atoms with Crippen molar-refractivity contribution < 1.29 is 9.18 Å². The molecule has 0 fully saturated rings. The van der Waals surface area contributed by atoms with Gasteiger partial charge in [0.1, 0.15) is 0 Å². The van der Waals surface area contributed by atoms with Gasteiger partial charge in [-0.15, -0.1) is 0 Å². The van der Waals surface area contributed by atoms with Gasteiger partial charge in [0, 0.05) is 6.42 Å². The van der Waals surface area contributed by atoms with Gasteiger partial charge in [0.15, 0.2) is 11.6 Å². The van der Waals surface area contributed by atoms with Crippen LogP contribution in [0, 0.1) is 5.82 Å². The lowest BCUT2D eigenvalue weighted by Gasteiger charge is -2.02. The van der Waals surface area contributed by atoms with Gasteiger partial charge >= 0.3 is 0 Å². The van der Waals surface area contributed by atoms with Crippen LogP contribution in [0.25, 0.3) is 0 Å². The maximum atomic E-state index is 13.3. The van der Waals surface area contributed by atoms with E-state index < -0.39 is 5.82 Å². The minimum absolute atomic E-state index is 0.00287. The molecule has 0 N–H and O–H groups in total. The summed E-state index contributed by atoms with van der Waals surface area (Å²) in [5.74, 6) is -1.02. The third-order valence-corrected chi connectivity index (χ3v) is 2.44. The predicted molar refractivity (Wildman–Crippen MR) is 51.0 cm³/mol. The molecule has 0 radical (unpaired) electrons. The summed E-state index contributed by atoms with van der Waals surface area (Å²) in [6, 6.07) is 2.76. The second kappa shape index (κ2) is 4.07. The molecule has 0 aliphatic heterocycles. The van der Waals surface area contributed by atoms with Crippen molar-refractivity contribution in [2.24, 2.45) is 0 Å². The molecule has 0 amide bonds. The number of benzene rings is 1. The van der Waals surface area contributed by atoms with Crippen molar-refractivity contribution >= 4 is 29.0 Å². The molecular formula is C9H7Cl2FO. The number of carbonyl (C=O) groups excluding carboxylic acids is 1. The van der Waals surface area contributed by atoms with Gasteiger partial charge in [-0.2, -0.15) is 0 Å². The largest absolute Gasteiger partial charge is 0.294 e. The first-order valence-corrected chi connectivity index (χ1v) is 4.50. The molecule has 1 rings (SSSR count). The summed E-state index contributed by atoms with van der Waals surface area (Å²) < 4.78 is 13.3. The quantitative estimate of drug-likeness (QED) is 0.549. The van der Waals surface area contributed by atoms with E-state index in [9.17, 15) is 9.18 Å². The topological polar surface area (TPSA) is 17.1 Å². The predicted octanol–water partition coefficient (Wildman–Crippen LogP) is 3.73. The Labute approximate surface area is 85.5 Å². The van der Waals surface area contributed by atoms with E-state index in [1.165, 1.54) is 12.1 Å². The minimum atomic E-state index is -0.735. The molecule has 0 saturated heterocycles. The summed E-state index contributed by atoms with van der Waals surface area (Å²) in [6.45, 7) is 1.66. The molecule has 0 aliphatic rings. The molecule has 0 atom stereocenters.